The first kappa shape index (κ1) is 24.8. The van der Waals surface area contributed by atoms with Crippen LogP contribution in [-0.2, 0) is 19.1 Å². The van der Waals surface area contributed by atoms with E-state index in [2.05, 4.69) is 20.4 Å². The second kappa shape index (κ2) is 11.0. The molecule has 1 aromatic carbocycles. The molecule has 0 unspecified atom stereocenters. The van der Waals surface area contributed by atoms with E-state index in [1.165, 1.54) is 14.0 Å². The number of aromatic nitrogens is 4. The average molecular weight is 493 g/mol. The first-order valence-electron chi connectivity index (χ1n) is 11.6. The van der Waals surface area contributed by atoms with Crippen molar-refractivity contribution in [3.63, 3.8) is 0 Å². The SMILES string of the molecule is COC(=O)c1ccc(-c2nc(Nc3cnn(C4CCN(C(=O)COC(C)=O)CC4)c3)ncc2C)cc1. The Bertz CT molecular complexity index is 1250. The summed E-state index contributed by atoms with van der Waals surface area (Å²) in [6.07, 6.45) is 6.85. The van der Waals surface area contributed by atoms with Crippen molar-refractivity contribution in [2.24, 2.45) is 0 Å². The minimum Gasteiger partial charge on any atom is -0.465 e. The zero-order valence-corrected chi connectivity index (χ0v) is 20.4. The van der Waals surface area contributed by atoms with Crippen molar-refractivity contribution < 1.29 is 23.9 Å². The Morgan fingerprint density at radius 3 is 2.50 bits per heavy atom. The van der Waals surface area contributed by atoms with Crippen molar-refractivity contribution in [2.45, 2.75) is 32.7 Å². The minimum absolute atomic E-state index is 0.154. The smallest absolute Gasteiger partial charge is 0.337 e. The number of rotatable bonds is 7. The zero-order chi connectivity index (χ0) is 25.7. The summed E-state index contributed by atoms with van der Waals surface area (Å²) in [5, 5.41) is 7.68. The maximum Gasteiger partial charge on any atom is 0.337 e. The van der Waals surface area contributed by atoms with E-state index in [9.17, 15) is 14.4 Å². The highest BCUT2D eigenvalue weighted by molar-refractivity contribution is 5.90. The topological polar surface area (TPSA) is 129 Å². The quantitative estimate of drug-likeness (QED) is 0.495. The lowest BCUT2D eigenvalue weighted by atomic mass is 10.1. The Morgan fingerprint density at radius 1 is 1.11 bits per heavy atom. The number of hydrogen-bond donors (Lipinski definition) is 1. The van der Waals surface area contributed by atoms with E-state index in [0.717, 1.165) is 35.3 Å². The lowest BCUT2D eigenvalue weighted by Gasteiger charge is -2.31. The van der Waals surface area contributed by atoms with E-state index in [0.29, 0.717) is 24.6 Å². The van der Waals surface area contributed by atoms with Gasteiger partial charge in [0.25, 0.3) is 5.91 Å². The standard InChI is InChI=1S/C25H28N6O5/c1-16-12-26-25(29-23(16)18-4-6-19(7-5-18)24(34)35-3)28-20-13-27-31(14-20)21-8-10-30(11-9-21)22(33)15-36-17(2)32/h4-7,12-14,21H,8-11,15H2,1-3H3,(H,26,28,29). The van der Waals surface area contributed by atoms with Gasteiger partial charge in [0.05, 0.1) is 36.3 Å². The van der Waals surface area contributed by atoms with E-state index in [1.54, 1.807) is 29.4 Å². The molecule has 1 amide bonds. The molecule has 188 valence electrons. The fourth-order valence-corrected chi connectivity index (χ4v) is 4.04. The highest BCUT2D eigenvalue weighted by atomic mass is 16.5. The number of hydrogen-bond acceptors (Lipinski definition) is 9. The van der Waals surface area contributed by atoms with Crippen LogP contribution in [0.3, 0.4) is 0 Å². The third-order valence-corrected chi connectivity index (χ3v) is 6.00. The fraction of sp³-hybridized carbons (Fsp3) is 0.360. The molecule has 1 fully saturated rings. The lowest BCUT2D eigenvalue weighted by molar-refractivity contribution is -0.150. The molecule has 1 aliphatic heterocycles. The summed E-state index contributed by atoms with van der Waals surface area (Å²) in [6.45, 7) is 4.15. The molecule has 11 heteroatoms. The Labute approximate surface area is 208 Å². The summed E-state index contributed by atoms with van der Waals surface area (Å²) in [7, 11) is 1.35. The third kappa shape index (κ3) is 5.85. The van der Waals surface area contributed by atoms with E-state index >= 15 is 0 Å². The first-order valence-corrected chi connectivity index (χ1v) is 11.6. The Morgan fingerprint density at radius 2 is 1.83 bits per heavy atom. The Balaban J connectivity index is 1.39. The van der Waals surface area contributed by atoms with Crippen molar-refractivity contribution in [3.8, 4) is 11.3 Å². The molecule has 3 aromatic rings. The van der Waals surface area contributed by atoms with Gasteiger partial charge in [-0.3, -0.25) is 14.3 Å². The van der Waals surface area contributed by atoms with Gasteiger partial charge in [-0.05, 0) is 37.5 Å². The first-order chi connectivity index (χ1) is 17.3. The van der Waals surface area contributed by atoms with E-state index in [4.69, 9.17) is 9.47 Å². The molecule has 0 radical (unpaired) electrons. The van der Waals surface area contributed by atoms with Gasteiger partial charge in [0.15, 0.2) is 6.61 Å². The number of carbonyl (C=O) groups is 3. The molecule has 1 N–H and O–H groups in total. The molecule has 3 heterocycles. The van der Waals surface area contributed by atoms with Crippen LogP contribution in [0.4, 0.5) is 11.6 Å². The van der Waals surface area contributed by atoms with E-state index in [-0.39, 0.29) is 24.5 Å². The largest absolute Gasteiger partial charge is 0.465 e. The lowest BCUT2D eigenvalue weighted by Crippen LogP contribution is -2.41. The van der Waals surface area contributed by atoms with Crippen LogP contribution in [0.1, 0.15) is 41.7 Å². The fourth-order valence-electron chi connectivity index (χ4n) is 4.04. The van der Waals surface area contributed by atoms with Gasteiger partial charge in [0.2, 0.25) is 5.95 Å². The van der Waals surface area contributed by atoms with Gasteiger partial charge in [-0.25, -0.2) is 14.8 Å². The maximum absolute atomic E-state index is 12.1. The van der Waals surface area contributed by atoms with Gasteiger partial charge in [0.1, 0.15) is 0 Å². The Hall–Kier alpha value is -4.28. The van der Waals surface area contributed by atoms with Crippen molar-refractivity contribution in [1.82, 2.24) is 24.6 Å². The van der Waals surface area contributed by atoms with Crippen LogP contribution < -0.4 is 5.32 Å². The second-order valence-corrected chi connectivity index (χ2v) is 8.52. The number of esters is 2. The number of likely N-dealkylation sites (tertiary alicyclic amines) is 1. The molecule has 4 rings (SSSR count). The zero-order valence-electron chi connectivity index (χ0n) is 20.4. The van der Waals surface area contributed by atoms with Crippen molar-refractivity contribution >= 4 is 29.5 Å². The van der Waals surface area contributed by atoms with Crippen LogP contribution in [0.25, 0.3) is 11.3 Å². The number of nitrogens with zero attached hydrogens (tertiary/aromatic N) is 5. The van der Waals surface area contributed by atoms with Crippen LogP contribution in [0, 0.1) is 6.92 Å². The molecular weight excluding hydrogens is 464 g/mol. The molecule has 2 aromatic heterocycles. The third-order valence-electron chi connectivity index (χ3n) is 6.00. The van der Waals surface area contributed by atoms with Crippen LogP contribution in [0.5, 0.6) is 0 Å². The Kier molecular flexibility index (Phi) is 7.57. The number of carbonyl (C=O) groups excluding carboxylic acids is 3. The normalized spacial score (nSPS) is 13.8. The number of ether oxygens (including phenoxy) is 2. The van der Waals surface area contributed by atoms with E-state index < -0.39 is 5.97 Å². The van der Waals surface area contributed by atoms with Crippen LogP contribution in [0.15, 0.2) is 42.9 Å². The predicted molar refractivity (Wildman–Crippen MR) is 131 cm³/mol. The number of aryl methyl sites for hydroxylation is 1. The highest BCUT2D eigenvalue weighted by Gasteiger charge is 2.25. The molecule has 0 aliphatic carbocycles. The summed E-state index contributed by atoms with van der Waals surface area (Å²) in [4.78, 5) is 45.5. The molecule has 0 bridgehead atoms. The summed E-state index contributed by atoms with van der Waals surface area (Å²) >= 11 is 0. The summed E-state index contributed by atoms with van der Waals surface area (Å²) in [6, 6.07) is 7.21. The molecule has 1 saturated heterocycles. The molecule has 0 spiro atoms. The van der Waals surface area contributed by atoms with Gasteiger partial charge in [-0.1, -0.05) is 12.1 Å². The molecule has 0 saturated carbocycles. The number of piperidine rings is 1. The summed E-state index contributed by atoms with van der Waals surface area (Å²) in [5.74, 6) is -0.604. The van der Waals surface area contributed by atoms with Gasteiger partial charge >= 0.3 is 11.9 Å². The number of nitrogens with one attached hydrogen (secondary N) is 1. The minimum atomic E-state index is -0.462. The molecule has 36 heavy (non-hydrogen) atoms. The number of anilines is 2. The predicted octanol–water partition coefficient (Wildman–Crippen LogP) is 2.91. The van der Waals surface area contributed by atoms with Gasteiger partial charge in [-0.15, -0.1) is 0 Å². The van der Waals surface area contributed by atoms with Gasteiger partial charge < -0.3 is 19.7 Å². The number of methoxy groups -OCH3 is 1. The molecule has 1 aliphatic rings. The van der Waals surface area contributed by atoms with Gasteiger partial charge in [-0.2, -0.15) is 5.10 Å². The number of benzene rings is 1. The van der Waals surface area contributed by atoms with Gasteiger partial charge in [0, 0.05) is 38.0 Å². The molecule has 11 nitrogen and oxygen atoms in total. The molecular formula is C25H28N6O5. The molecule has 0 atom stereocenters. The second-order valence-electron chi connectivity index (χ2n) is 8.52. The number of amides is 1. The van der Waals surface area contributed by atoms with E-state index in [1.807, 2.05) is 29.9 Å². The van der Waals surface area contributed by atoms with Crippen molar-refractivity contribution in [2.75, 3.05) is 32.1 Å². The maximum atomic E-state index is 12.1. The van der Waals surface area contributed by atoms with Crippen LogP contribution >= 0.6 is 0 Å². The van der Waals surface area contributed by atoms with Crippen LogP contribution in [-0.4, -0.2) is 69.3 Å². The monoisotopic (exact) mass is 492 g/mol. The summed E-state index contributed by atoms with van der Waals surface area (Å²) < 4.78 is 11.4. The van der Waals surface area contributed by atoms with Crippen molar-refractivity contribution in [3.05, 3.63) is 54.0 Å². The summed E-state index contributed by atoms with van der Waals surface area (Å²) in [5.41, 5.74) is 3.73. The highest BCUT2D eigenvalue weighted by Crippen LogP contribution is 2.26. The van der Waals surface area contributed by atoms with Crippen LogP contribution in [0.2, 0.25) is 0 Å². The van der Waals surface area contributed by atoms with Crippen molar-refractivity contribution in [1.29, 1.82) is 0 Å². The average Bonchev–Trinajstić information content (AvgIpc) is 3.36.